The lowest BCUT2D eigenvalue weighted by Gasteiger charge is -2.11. The number of hydrogen-bond donors (Lipinski definition) is 3. The quantitative estimate of drug-likeness (QED) is 0.648. The van der Waals surface area contributed by atoms with Crippen LogP contribution in [0.5, 0.6) is 0 Å². The summed E-state index contributed by atoms with van der Waals surface area (Å²) in [5.41, 5.74) is 9.02. The maximum absolute atomic E-state index is 12.7. The summed E-state index contributed by atoms with van der Waals surface area (Å²) < 4.78 is 1.51. The number of carbonyl (C=O) groups is 2. The Balaban J connectivity index is 1.85. The van der Waals surface area contributed by atoms with Gasteiger partial charge in [-0.25, -0.2) is 4.68 Å². The number of carbonyl (C=O) groups excluding carboxylic acids is 2. The highest BCUT2D eigenvalue weighted by atomic mass is 16.2. The van der Waals surface area contributed by atoms with Crippen LogP contribution < -0.4 is 16.4 Å². The molecule has 0 unspecified atom stereocenters. The normalized spacial score (nSPS) is 10.4. The highest BCUT2D eigenvalue weighted by Gasteiger charge is 2.17. The number of nitrogens with zero attached hydrogens (tertiary/aromatic N) is 2. The van der Waals surface area contributed by atoms with E-state index < -0.39 is 0 Å². The largest absolute Gasteiger partial charge is 0.383 e. The smallest absolute Gasteiger partial charge is 0.261 e. The van der Waals surface area contributed by atoms with Crippen LogP contribution in [0.4, 0.5) is 11.5 Å². The Bertz CT molecular complexity index is 979. The second-order valence-corrected chi connectivity index (χ2v) is 6.03. The Morgan fingerprint density at radius 3 is 2.56 bits per heavy atom. The van der Waals surface area contributed by atoms with E-state index >= 15 is 0 Å². The molecule has 0 atom stereocenters. The van der Waals surface area contributed by atoms with E-state index in [2.05, 4.69) is 15.7 Å². The minimum absolute atomic E-state index is 0.190. The number of nitrogen functional groups attached to an aromatic ring is 1. The van der Waals surface area contributed by atoms with Gasteiger partial charge in [-0.2, -0.15) is 5.10 Å². The molecule has 1 aromatic heterocycles. The monoisotopic (exact) mass is 363 g/mol. The van der Waals surface area contributed by atoms with E-state index in [1.165, 1.54) is 10.9 Å². The van der Waals surface area contributed by atoms with Gasteiger partial charge in [0.2, 0.25) is 0 Å². The van der Waals surface area contributed by atoms with E-state index in [0.717, 1.165) is 11.3 Å². The molecule has 0 aliphatic rings. The van der Waals surface area contributed by atoms with Gasteiger partial charge < -0.3 is 16.4 Å². The first-order valence-electron chi connectivity index (χ1n) is 8.60. The van der Waals surface area contributed by atoms with Gasteiger partial charge in [-0.05, 0) is 43.7 Å². The van der Waals surface area contributed by atoms with Crippen LogP contribution in [-0.4, -0.2) is 28.1 Å². The molecule has 0 bridgehead atoms. The van der Waals surface area contributed by atoms with Gasteiger partial charge in [-0.3, -0.25) is 9.59 Å². The summed E-state index contributed by atoms with van der Waals surface area (Å²) >= 11 is 0. The Morgan fingerprint density at radius 1 is 1.11 bits per heavy atom. The Hall–Kier alpha value is -3.61. The van der Waals surface area contributed by atoms with E-state index in [1.54, 1.807) is 18.2 Å². The lowest BCUT2D eigenvalue weighted by molar-refractivity contribution is 0.0954. The van der Waals surface area contributed by atoms with Gasteiger partial charge >= 0.3 is 0 Å². The number of aromatic nitrogens is 2. The molecule has 27 heavy (non-hydrogen) atoms. The highest BCUT2D eigenvalue weighted by Crippen LogP contribution is 2.21. The van der Waals surface area contributed by atoms with Crippen LogP contribution in [0.3, 0.4) is 0 Å². The third-order valence-electron chi connectivity index (χ3n) is 4.14. The lowest BCUT2D eigenvalue weighted by atomic mass is 10.1. The summed E-state index contributed by atoms with van der Waals surface area (Å²) in [6.07, 6.45) is 1.43. The van der Waals surface area contributed by atoms with Crippen LogP contribution in [-0.2, 0) is 0 Å². The van der Waals surface area contributed by atoms with Crippen molar-refractivity contribution in [1.29, 1.82) is 0 Å². The van der Waals surface area contributed by atoms with Crippen LogP contribution in [0.15, 0.2) is 54.7 Å². The van der Waals surface area contributed by atoms with Crippen LogP contribution in [0, 0.1) is 6.92 Å². The van der Waals surface area contributed by atoms with Crippen molar-refractivity contribution in [3.05, 3.63) is 71.4 Å². The first-order valence-corrected chi connectivity index (χ1v) is 8.60. The summed E-state index contributed by atoms with van der Waals surface area (Å²) in [5.74, 6) is -0.327. The molecule has 0 spiro atoms. The molecule has 0 radical (unpaired) electrons. The van der Waals surface area contributed by atoms with Gasteiger partial charge in [0, 0.05) is 17.8 Å². The third-order valence-corrected chi connectivity index (χ3v) is 4.14. The zero-order valence-corrected chi connectivity index (χ0v) is 15.2. The van der Waals surface area contributed by atoms with Gasteiger partial charge in [0.1, 0.15) is 11.4 Å². The fourth-order valence-electron chi connectivity index (χ4n) is 2.66. The van der Waals surface area contributed by atoms with E-state index in [1.807, 2.05) is 44.2 Å². The van der Waals surface area contributed by atoms with Gasteiger partial charge in [0.15, 0.2) is 0 Å². The first-order chi connectivity index (χ1) is 13.0. The number of benzene rings is 2. The molecule has 3 rings (SSSR count). The number of rotatable bonds is 5. The van der Waals surface area contributed by atoms with Crippen molar-refractivity contribution < 1.29 is 9.59 Å². The average molecular weight is 363 g/mol. The molecule has 1 heterocycles. The van der Waals surface area contributed by atoms with E-state index in [4.69, 9.17) is 5.73 Å². The van der Waals surface area contributed by atoms with Crippen LogP contribution in [0.2, 0.25) is 0 Å². The second kappa shape index (κ2) is 7.74. The fourth-order valence-corrected chi connectivity index (χ4v) is 2.66. The molecule has 7 nitrogen and oxygen atoms in total. The Kier molecular flexibility index (Phi) is 5.21. The summed E-state index contributed by atoms with van der Waals surface area (Å²) in [4.78, 5) is 24.7. The summed E-state index contributed by atoms with van der Waals surface area (Å²) in [6.45, 7) is 4.24. The fraction of sp³-hybridized carbons (Fsp3) is 0.150. The molecule has 7 heteroatoms. The van der Waals surface area contributed by atoms with Crippen LogP contribution in [0.1, 0.15) is 33.2 Å². The number of anilines is 2. The number of nitrogens with two attached hydrogens (primary N) is 1. The molecule has 0 fully saturated rings. The van der Waals surface area contributed by atoms with E-state index in [9.17, 15) is 9.59 Å². The molecule has 0 aliphatic heterocycles. The summed E-state index contributed by atoms with van der Waals surface area (Å²) in [6, 6.07) is 14.5. The van der Waals surface area contributed by atoms with Gasteiger partial charge in [-0.15, -0.1) is 0 Å². The molecule has 2 aromatic carbocycles. The van der Waals surface area contributed by atoms with Crippen molar-refractivity contribution >= 4 is 23.3 Å². The molecule has 0 saturated heterocycles. The Labute approximate surface area is 157 Å². The molecular formula is C20H21N5O2. The molecule has 0 saturated carbocycles. The van der Waals surface area contributed by atoms with E-state index in [-0.39, 0.29) is 23.2 Å². The van der Waals surface area contributed by atoms with Crippen molar-refractivity contribution in [2.45, 2.75) is 13.8 Å². The van der Waals surface area contributed by atoms with E-state index in [0.29, 0.717) is 17.8 Å². The van der Waals surface area contributed by atoms with Gasteiger partial charge in [-0.1, -0.05) is 24.3 Å². The van der Waals surface area contributed by atoms with Crippen LogP contribution in [0.25, 0.3) is 5.69 Å². The number of nitrogens with one attached hydrogen (secondary N) is 2. The summed E-state index contributed by atoms with van der Waals surface area (Å²) in [7, 11) is 0. The van der Waals surface area contributed by atoms with Crippen LogP contribution >= 0.6 is 0 Å². The zero-order valence-electron chi connectivity index (χ0n) is 15.2. The zero-order chi connectivity index (χ0) is 19.4. The number of amides is 2. The maximum atomic E-state index is 12.7. The first kappa shape index (κ1) is 18.2. The van der Waals surface area contributed by atoms with Gasteiger partial charge in [0.05, 0.1) is 11.9 Å². The third kappa shape index (κ3) is 3.82. The average Bonchev–Trinajstić information content (AvgIpc) is 3.06. The molecule has 4 N–H and O–H groups in total. The summed E-state index contributed by atoms with van der Waals surface area (Å²) in [5, 5.41) is 9.76. The number of hydrogen-bond acceptors (Lipinski definition) is 4. The number of aryl methyl sites for hydroxylation is 1. The Morgan fingerprint density at radius 2 is 1.85 bits per heavy atom. The topological polar surface area (TPSA) is 102 Å². The molecule has 138 valence electrons. The second-order valence-electron chi connectivity index (χ2n) is 6.03. The van der Waals surface area contributed by atoms with Crippen molar-refractivity contribution in [2.24, 2.45) is 0 Å². The maximum Gasteiger partial charge on any atom is 0.261 e. The van der Waals surface area contributed by atoms with Crippen molar-refractivity contribution in [2.75, 3.05) is 17.6 Å². The standard InChI is InChI=1S/C20H21N5O2/c1-3-22-19(26)14-10-9-13(2)17(11-14)24-20(27)16-12-23-25(18(16)21)15-7-5-4-6-8-15/h4-12H,3,21H2,1-2H3,(H,22,26)(H,24,27). The highest BCUT2D eigenvalue weighted by molar-refractivity contribution is 6.08. The predicted octanol–water partition coefficient (Wildman–Crippen LogP) is 2.76. The predicted molar refractivity (Wildman–Crippen MR) is 105 cm³/mol. The van der Waals surface area contributed by atoms with Gasteiger partial charge in [0.25, 0.3) is 11.8 Å². The van der Waals surface area contributed by atoms with Crippen molar-refractivity contribution in [3.8, 4) is 5.69 Å². The number of para-hydroxylation sites is 1. The SMILES string of the molecule is CCNC(=O)c1ccc(C)c(NC(=O)c2cnn(-c3ccccc3)c2N)c1. The molecule has 0 aliphatic carbocycles. The van der Waals surface area contributed by atoms with Crippen molar-refractivity contribution in [1.82, 2.24) is 15.1 Å². The van der Waals surface area contributed by atoms with Crippen molar-refractivity contribution in [3.63, 3.8) is 0 Å². The minimum atomic E-state index is -0.383. The minimum Gasteiger partial charge on any atom is -0.383 e. The molecule has 3 aromatic rings. The molecular weight excluding hydrogens is 342 g/mol. The molecule has 2 amide bonds. The lowest BCUT2D eigenvalue weighted by Crippen LogP contribution is -2.23.